The molecule has 5 rings (SSSR count). The summed E-state index contributed by atoms with van der Waals surface area (Å²) in [6.07, 6.45) is 7.45. The predicted molar refractivity (Wildman–Crippen MR) is 108 cm³/mol. The summed E-state index contributed by atoms with van der Waals surface area (Å²) >= 11 is 1.56. The SMILES string of the molecule is O=C(Cn1c(-c2cscn2)nc2ccccc21)N1CCCC2CCCCC21. The Labute approximate surface area is 163 Å². The second-order valence-corrected chi connectivity index (χ2v) is 8.44. The van der Waals surface area contributed by atoms with Gasteiger partial charge in [0.25, 0.3) is 0 Å². The molecule has 2 atom stereocenters. The first kappa shape index (κ1) is 16.9. The van der Waals surface area contributed by atoms with Gasteiger partial charge in [-0.3, -0.25) is 4.79 Å². The van der Waals surface area contributed by atoms with Crippen LogP contribution in [-0.4, -0.2) is 37.9 Å². The van der Waals surface area contributed by atoms with Crippen LogP contribution in [-0.2, 0) is 11.3 Å². The molecule has 2 unspecified atom stereocenters. The van der Waals surface area contributed by atoms with Gasteiger partial charge in [0.05, 0.1) is 16.5 Å². The molecule has 0 spiro atoms. The molecule has 1 aliphatic carbocycles. The summed E-state index contributed by atoms with van der Waals surface area (Å²) in [5, 5.41) is 2.00. The van der Waals surface area contributed by atoms with Gasteiger partial charge >= 0.3 is 0 Å². The van der Waals surface area contributed by atoms with E-state index in [1.165, 1.54) is 32.1 Å². The van der Waals surface area contributed by atoms with E-state index >= 15 is 0 Å². The molecule has 6 heteroatoms. The van der Waals surface area contributed by atoms with Crippen LogP contribution in [0.2, 0.25) is 0 Å². The fourth-order valence-corrected chi connectivity index (χ4v) is 5.45. The normalized spacial score (nSPS) is 22.7. The number of rotatable bonds is 3. The molecule has 2 aliphatic rings. The quantitative estimate of drug-likeness (QED) is 0.679. The maximum atomic E-state index is 13.3. The number of hydrogen-bond acceptors (Lipinski definition) is 4. The van der Waals surface area contributed by atoms with Crippen molar-refractivity contribution in [3.8, 4) is 11.5 Å². The third-order valence-electron chi connectivity index (χ3n) is 6.17. The van der Waals surface area contributed by atoms with Gasteiger partial charge < -0.3 is 9.47 Å². The van der Waals surface area contributed by atoms with Gasteiger partial charge in [-0.15, -0.1) is 11.3 Å². The molecule has 0 N–H and O–H groups in total. The second-order valence-electron chi connectivity index (χ2n) is 7.73. The summed E-state index contributed by atoms with van der Waals surface area (Å²) in [4.78, 5) is 24.7. The summed E-state index contributed by atoms with van der Waals surface area (Å²) in [6.45, 7) is 1.25. The summed E-state index contributed by atoms with van der Waals surface area (Å²) in [5.41, 5.74) is 4.59. The van der Waals surface area contributed by atoms with Crippen LogP contribution in [0.4, 0.5) is 0 Å². The number of thiazole rings is 1. The van der Waals surface area contributed by atoms with Crippen molar-refractivity contribution in [2.45, 2.75) is 51.1 Å². The van der Waals surface area contributed by atoms with Crippen LogP contribution in [0.15, 0.2) is 35.2 Å². The highest BCUT2D eigenvalue weighted by Gasteiger charge is 2.35. The zero-order valence-corrected chi connectivity index (χ0v) is 16.2. The second kappa shape index (κ2) is 7.08. The number of benzene rings is 1. The van der Waals surface area contributed by atoms with Gasteiger partial charge in [-0.25, -0.2) is 9.97 Å². The van der Waals surface area contributed by atoms with Gasteiger partial charge in [0, 0.05) is 18.0 Å². The first-order valence-corrected chi connectivity index (χ1v) is 10.9. The number of imidazole rings is 1. The summed E-state index contributed by atoms with van der Waals surface area (Å²) in [7, 11) is 0. The number of hydrogen-bond donors (Lipinski definition) is 0. The smallest absolute Gasteiger partial charge is 0.242 e. The van der Waals surface area contributed by atoms with E-state index in [2.05, 4.69) is 14.5 Å². The number of piperidine rings is 1. The molecule has 2 aromatic heterocycles. The van der Waals surface area contributed by atoms with Gasteiger partial charge in [0.15, 0.2) is 5.82 Å². The third-order valence-corrected chi connectivity index (χ3v) is 6.76. The molecular formula is C21H24N4OS. The van der Waals surface area contributed by atoms with E-state index in [0.29, 0.717) is 18.5 Å². The van der Waals surface area contributed by atoms with Crippen molar-refractivity contribution in [3.05, 3.63) is 35.2 Å². The Morgan fingerprint density at radius 3 is 2.89 bits per heavy atom. The van der Waals surface area contributed by atoms with Crippen molar-refractivity contribution < 1.29 is 4.79 Å². The monoisotopic (exact) mass is 380 g/mol. The Balaban J connectivity index is 1.49. The Morgan fingerprint density at radius 1 is 1.15 bits per heavy atom. The van der Waals surface area contributed by atoms with Crippen LogP contribution in [0.3, 0.4) is 0 Å². The number of amides is 1. The number of carbonyl (C=O) groups excluding carboxylic acids is 1. The molecule has 27 heavy (non-hydrogen) atoms. The molecule has 140 valence electrons. The van der Waals surface area contributed by atoms with E-state index in [1.807, 2.05) is 35.2 Å². The van der Waals surface area contributed by atoms with E-state index in [9.17, 15) is 4.79 Å². The van der Waals surface area contributed by atoms with E-state index in [1.54, 1.807) is 11.3 Å². The summed E-state index contributed by atoms with van der Waals surface area (Å²) < 4.78 is 2.05. The maximum absolute atomic E-state index is 13.3. The highest BCUT2D eigenvalue weighted by molar-refractivity contribution is 7.07. The van der Waals surface area contributed by atoms with Crippen molar-refractivity contribution >= 4 is 28.3 Å². The molecule has 1 saturated carbocycles. The number of nitrogens with zero attached hydrogens (tertiary/aromatic N) is 4. The van der Waals surface area contributed by atoms with E-state index < -0.39 is 0 Å². The first-order valence-electron chi connectivity index (χ1n) is 9.94. The van der Waals surface area contributed by atoms with Crippen LogP contribution in [0, 0.1) is 5.92 Å². The molecule has 1 amide bonds. The Morgan fingerprint density at radius 2 is 2.00 bits per heavy atom. The number of aromatic nitrogens is 3. The molecule has 0 bridgehead atoms. The lowest BCUT2D eigenvalue weighted by Gasteiger charge is -2.44. The van der Waals surface area contributed by atoms with Gasteiger partial charge in [0.2, 0.25) is 5.91 Å². The predicted octanol–water partition coefficient (Wildman–Crippen LogP) is 4.34. The molecule has 3 aromatic rings. The van der Waals surface area contributed by atoms with Crippen LogP contribution >= 0.6 is 11.3 Å². The average molecular weight is 381 g/mol. The fourth-order valence-electron chi connectivity index (χ4n) is 4.91. The van der Waals surface area contributed by atoms with Gasteiger partial charge in [-0.05, 0) is 43.7 Å². The highest BCUT2D eigenvalue weighted by Crippen LogP contribution is 2.35. The first-order chi connectivity index (χ1) is 13.3. The van der Waals surface area contributed by atoms with Gasteiger partial charge in [-0.1, -0.05) is 25.0 Å². The minimum Gasteiger partial charge on any atom is -0.338 e. The molecule has 1 aliphatic heterocycles. The zero-order valence-electron chi connectivity index (χ0n) is 15.4. The molecule has 2 fully saturated rings. The summed E-state index contributed by atoms with van der Waals surface area (Å²) in [6, 6.07) is 8.49. The minimum atomic E-state index is 0.228. The van der Waals surface area contributed by atoms with Crippen LogP contribution in [0.5, 0.6) is 0 Å². The molecular weight excluding hydrogens is 356 g/mol. The fraction of sp³-hybridized carbons (Fsp3) is 0.476. The largest absolute Gasteiger partial charge is 0.338 e. The maximum Gasteiger partial charge on any atom is 0.242 e. The molecule has 3 heterocycles. The Hall–Kier alpha value is -2.21. The molecule has 1 saturated heterocycles. The summed E-state index contributed by atoms with van der Waals surface area (Å²) in [5.74, 6) is 1.73. The lowest BCUT2D eigenvalue weighted by Crippen LogP contribution is -2.50. The topological polar surface area (TPSA) is 51.0 Å². The van der Waals surface area contributed by atoms with Crippen molar-refractivity contribution in [2.75, 3.05) is 6.54 Å². The molecule has 1 aromatic carbocycles. The minimum absolute atomic E-state index is 0.228. The van der Waals surface area contributed by atoms with Gasteiger partial charge in [-0.2, -0.15) is 0 Å². The number of fused-ring (bicyclic) bond motifs is 2. The van der Waals surface area contributed by atoms with Crippen LogP contribution in [0.25, 0.3) is 22.6 Å². The zero-order chi connectivity index (χ0) is 18.2. The average Bonchev–Trinajstić information content (AvgIpc) is 3.36. The van der Waals surface area contributed by atoms with Crippen molar-refractivity contribution in [2.24, 2.45) is 5.92 Å². The van der Waals surface area contributed by atoms with Crippen molar-refractivity contribution in [1.82, 2.24) is 19.4 Å². The van der Waals surface area contributed by atoms with E-state index in [0.717, 1.165) is 35.5 Å². The molecule has 5 nitrogen and oxygen atoms in total. The van der Waals surface area contributed by atoms with E-state index in [4.69, 9.17) is 4.98 Å². The molecule has 0 radical (unpaired) electrons. The lowest BCUT2D eigenvalue weighted by molar-refractivity contribution is -0.138. The van der Waals surface area contributed by atoms with Crippen LogP contribution in [0.1, 0.15) is 38.5 Å². The highest BCUT2D eigenvalue weighted by atomic mass is 32.1. The number of para-hydroxylation sites is 2. The number of likely N-dealkylation sites (tertiary alicyclic amines) is 1. The Bertz CT molecular complexity index is 946. The third kappa shape index (κ3) is 3.06. The van der Waals surface area contributed by atoms with Crippen molar-refractivity contribution in [1.29, 1.82) is 0 Å². The lowest BCUT2D eigenvalue weighted by atomic mass is 9.78. The standard InChI is InChI=1S/C21H24N4OS/c26-20(24-11-5-7-15-6-1-3-9-18(15)24)12-25-19-10-4-2-8-16(19)23-21(25)17-13-27-14-22-17/h2,4,8,10,13-15,18H,1,3,5-7,9,11-12H2. The van der Waals surface area contributed by atoms with Crippen molar-refractivity contribution in [3.63, 3.8) is 0 Å². The van der Waals surface area contributed by atoms with E-state index in [-0.39, 0.29) is 5.91 Å². The number of carbonyl (C=O) groups is 1. The Kier molecular flexibility index (Phi) is 4.44. The van der Waals surface area contributed by atoms with Crippen LogP contribution < -0.4 is 0 Å². The van der Waals surface area contributed by atoms with Gasteiger partial charge in [0.1, 0.15) is 12.2 Å².